The summed E-state index contributed by atoms with van der Waals surface area (Å²) in [5.41, 5.74) is 3.44. The average Bonchev–Trinajstić information content (AvgIpc) is 3.84. The lowest BCUT2D eigenvalue weighted by atomic mass is 9.94. The number of nitrogens with zero attached hydrogens (tertiary/aromatic N) is 5. The summed E-state index contributed by atoms with van der Waals surface area (Å²) in [6.45, 7) is 0. The van der Waals surface area contributed by atoms with Gasteiger partial charge in [0.25, 0.3) is 0 Å². The Bertz CT molecular complexity index is 3450. The van der Waals surface area contributed by atoms with Crippen molar-refractivity contribution < 1.29 is 26.3 Å². The lowest BCUT2D eigenvalue weighted by Crippen LogP contribution is -2.11. The van der Waals surface area contributed by atoms with Crippen LogP contribution in [0.15, 0.2) is 188 Å². The summed E-state index contributed by atoms with van der Waals surface area (Å²) >= 11 is 0. The highest BCUT2D eigenvalue weighted by atomic mass is 19.4. The van der Waals surface area contributed by atoms with Crippen molar-refractivity contribution in [3.63, 3.8) is 0 Å². The fraction of sp³-hybridized carbons (Fsp3) is 0.0377. The molecule has 0 N–H and O–H groups in total. The summed E-state index contributed by atoms with van der Waals surface area (Å²) < 4.78 is 91.2. The molecule has 0 aliphatic heterocycles. The van der Waals surface area contributed by atoms with E-state index in [0.29, 0.717) is 16.8 Å². The van der Waals surface area contributed by atoms with Crippen molar-refractivity contribution in [2.75, 3.05) is 0 Å². The fourth-order valence-corrected chi connectivity index (χ4v) is 8.72. The van der Waals surface area contributed by atoms with Crippen molar-refractivity contribution in [3.05, 3.63) is 199 Å². The van der Waals surface area contributed by atoms with E-state index in [1.54, 1.807) is 18.2 Å². The van der Waals surface area contributed by atoms with Crippen molar-refractivity contribution in [2.45, 2.75) is 12.4 Å². The predicted octanol–water partition coefficient (Wildman–Crippen LogP) is 14.8. The number of para-hydroxylation sites is 3. The number of benzene rings is 8. The first-order valence-electron chi connectivity index (χ1n) is 20.3. The Morgan fingerprint density at radius 2 is 0.719 bits per heavy atom. The molecule has 0 spiro atoms. The number of halogens is 6. The van der Waals surface area contributed by atoms with E-state index in [0.717, 1.165) is 61.4 Å². The molecule has 11 heteroatoms. The first-order valence-corrected chi connectivity index (χ1v) is 20.3. The molecule has 3 aromatic heterocycles. The molecule has 64 heavy (non-hydrogen) atoms. The van der Waals surface area contributed by atoms with E-state index in [1.807, 2.05) is 126 Å². The highest BCUT2D eigenvalue weighted by Gasteiger charge is 2.37. The number of fused-ring (bicyclic) bond motifs is 6. The Hall–Kier alpha value is -8.05. The number of hydrogen-bond donors (Lipinski definition) is 0. The van der Waals surface area contributed by atoms with Crippen LogP contribution in [0, 0.1) is 0 Å². The summed E-state index contributed by atoms with van der Waals surface area (Å²) in [6, 6.07) is 55.3. The fourth-order valence-electron chi connectivity index (χ4n) is 8.72. The largest absolute Gasteiger partial charge is 0.416 e. The van der Waals surface area contributed by atoms with Crippen LogP contribution in [0.5, 0.6) is 0 Å². The minimum atomic E-state index is -5.08. The highest BCUT2D eigenvalue weighted by molar-refractivity contribution is 6.12. The van der Waals surface area contributed by atoms with E-state index in [4.69, 9.17) is 15.0 Å². The van der Waals surface area contributed by atoms with Gasteiger partial charge in [-0.1, -0.05) is 115 Å². The summed E-state index contributed by atoms with van der Waals surface area (Å²) in [5, 5.41) is 4.03. The van der Waals surface area contributed by atoms with Crippen molar-refractivity contribution in [3.8, 4) is 56.7 Å². The van der Waals surface area contributed by atoms with Crippen LogP contribution in [0.2, 0.25) is 0 Å². The van der Waals surface area contributed by atoms with Gasteiger partial charge in [0.1, 0.15) is 0 Å². The van der Waals surface area contributed by atoms with E-state index < -0.39 is 23.5 Å². The van der Waals surface area contributed by atoms with Crippen LogP contribution in [0.1, 0.15) is 11.1 Å². The molecule has 0 radical (unpaired) electrons. The topological polar surface area (TPSA) is 48.5 Å². The van der Waals surface area contributed by atoms with Gasteiger partial charge in [-0.25, -0.2) is 15.0 Å². The first kappa shape index (κ1) is 38.8. The predicted molar refractivity (Wildman–Crippen MR) is 240 cm³/mol. The molecule has 11 rings (SSSR count). The average molecular weight is 852 g/mol. The minimum Gasteiger partial charge on any atom is -0.309 e. The molecule has 5 nitrogen and oxygen atoms in total. The monoisotopic (exact) mass is 851 g/mol. The molecule has 0 aliphatic carbocycles. The van der Waals surface area contributed by atoms with Crippen molar-refractivity contribution in [1.29, 1.82) is 0 Å². The zero-order valence-corrected chi connectivity index (χ0v) is 33.4. The van der Waals surface area contributed by atoms with Crippen molar-refractivity contribution in [1.82, 2.24) is 24.1 Å². The van der Waals surface area contributed by atoms with Gasteiger partial charge < -0.3 is 9.13 Å². The maximum Gasteiger partial charge on any atom is 0.416 e. The van der Waals surface area contributed by atoms with Gasteiger partial charge in [-0.05, 0) is 83.9 Å². The smallest absolute Gasteiger partial charge is 0.309 e. The molecule has 0 unspecified atom stereocenters. The van der Waals surface area contributed by atoms with Gasteiger partial charge in [0.15, 0.2) is 17.5 Å². The Kier molecular flexibility index (Phi) is 8.98. The molecule has 0 saturated carbocycles. The van der Waals surface area contributed by atoms with Gasteiger partial charge in [0, 0.05) is 49.6 Å². The Morgan fingerprint density at radius 3 is 1.22 bits per heavy atom. The third kappa shape index (κ3) is 6.64. The zero-order valence-electron chi connectivity index (χ0n) is 33.4. The van der Waals surface area contributed by atoms with E-state index >= 15 is 0 Å². The van der Waals surface area contributed by atoms with Crippen LogP contribution in [0.3, 0.4) is 0 Å². The summed E-state index contributed by atoms with van der Waals surface area (Å²) in [5.74, 6) is 0.625. The van der Waals surface area contributed by atoms with Crippen LogP contribution in [0.25, 0.3) is 100 Å². The Labute approximate surface area is 361 Å². The van der Waals surface area contributed by atoms with Crippen LogP contribution in [-0.2, 0) is 12.4 Å². The minimum absolute atomic E-state index is 0.0613. The van der Waals surface area contributed by atoms with Crippen molar-refractivity contribution in [2.24, 2.45) is 0 Å². The van der Waals surface area contributed by atoms with Crippen molar-refractivity contribution >= 4 is 43.6 Å². The van der Waals surface area contributed by atoms with Gasteiger partial charge in [0.2, 0.25) is 0 Å². The maximum absolute atomic E-state index is 14.5. The van der Waals surface area contributed by atoms with Gasteiger partial charge >= 0.3 is 12.4 Å². The molecule has 0 fully saturated rings. The second-order valence-electron chi connectivity index (χ2n) is 15.5. The molecule has 0 amide bonds. The Balaban J connectivity index is 1.18. The molecule has 0 saturated heterocycles. The number of aromatic nitrogens is 5. The number of hydrogen-bond acceptors (Lipinski definition) is 3. The van der Waals surface area contributed by atoms with E-state index in [9.17, 15) is 26.3 Å². The third-order valence-electron chi connectivity index (χ3n) is 11.6. The van der Waals surface area contributed by atoms with E-state index in [1.165, 1.54) is 0 Å². The zero-order chi connectivity index (χ0) is 43.7. The maximum atomic E-state index is 14.5. The van der Waals surface area contributed by atoms with Gasteiger partial charge in [-0.3, -0.25) is 0 Å². The lowest BCUT2D eigenvalue weighted by Gasteiger charge is -2.18. The normalized spacial score (nSPS) is 12.2. The van der Waals surface area contributed by atoms with Gasteiger partial charge in [-0.2, -0.15) is 26.3 Å². The molecular formula is C53H31F6N5. The summed E-state index contributed by atoms with van der Waals surface area (Å²) in [6.07, 6.45) is -10.2. The molecule has 310 valence electrons. The second kappa shape index (κ2) is 14.8. The number of alkyl halides is 6. The van der Waals surface area contributed by atoms with E-state index in [2.05, 4.69) is 34.9 Å². The molecule has 11 aromatic rings. The standard InChI is InChI=1S/C53H31F6N5/c54-52(55,56)35-27-34(28-36(29-35)53(57,58)59)43-30-37(23-25-42(43)51-61-49(32-13-3-1-4-14-32)60-50(62-51)33-15-5-2-6-16-33)64-47-22-12-9-19-41(47)44-31-38(24-26-48(44)64)63-45-20-10-7-17-39(45)40-18-8-11-21-46(40)63/h1-31H. The van der Waals surface area contributed by atoms with Crippen LogP contribution in [0.4, 0.5) is 26.3 Å². The van der Waals surface area contributed by atoms with Gasteiger partial charge in [0.05, 0.1) is 33.2 Å². The SMILES string of the molecule is FC(F)(F)c1cc(-c2cc(-n3c4ccccc4c4cc(-n5c6ccccc6c6ccccc65)ccc43)ccc2-c2nc(-c3ccccc3)nc(-c3ccccc3)n2)cc(C(F)(F)F)c1. The summed E-state index contributed by atoms with van der Waals surface area (Å²) in [7, 11) is 0. The molecule has 8 aromatic carbocycles. The lowest BCUT2D eigenvalue weighted by molar-refractivity contribution is -0.143. The molecule has 3 heterocycles. The molecule has 0 aliphatic rings. The molecule has 0 atom stereocenters. The number of rotatable bonds is 6. The second-order valence-corrected chi connectivity index (χ2v) is 15.5. The molecular weight excluding hydrogens is 821 g/mol. The van der Waals surface area contributed by atoms with E-state index in [-0.39, 0.29) is 40.2 Å². The van der Waals surface area contributed by atoms with Crippen LogP contribution >= 0.6 is 0 Å². The first-order chi connectivity index (χ1) is 31.0. The Morgan fingerprint density at radius 1 is 0.312 bits per heavy atom. The molecule has 0 bridgehead atoms. The highest BCUT2D eigenvalue weighted by Crippen LogP contribution is 2.43. The van der Waals surface area contributed by atoms with Crippen LogP contribution in [-0.4, -0.2) is 24.1 Å². The van der Waals surface area contributed by atoms with Gasteiger partial charge in [-0.15, -0.1) is 0 Å². The van der Waals surface area contributed by atoms with Crippen LogP contribution < -0.4 is 0 Å². The summed E-state index contributed by atoms with van der Waals surface area (Å²) in [4.78, 5) is 14.4. The third-order valence-corrected chi connectivity index (χ3v) is 11.6. The quantitative estimate of drug-likeness (QED) is 0.157.